The molecule has 2 fully saturated rings. The zero-order chi connectivity index (χ0) is 23.5. The normalized spacial score (nSPS) is 20.4. The molecular formula is C22H29N7O3S. The fourth-order valence-corrected chi connectivity index (χ4v) is 5.95. The van der Waals surface area contributed by atoms with Crippen LogP contribution in [0.3, 0.4) is 0 Å². The molecule has 1 aliphatic heterocycles. The van der Waals surface area contributed by atoms with E-state index < -0.39 is 10.0 Å². The van der Waals surface area contributed by atoms with Crippen molar-refractivity contribution in [3.8, 4) is 0 Å². The van der Waals surface area contributed by atoms with E-state index in [1.54, 1.807) is 31.1 Å². The molecule has 2 aromatic heterocycles. The molecule has 1 atom stereocenters. The second-order valence-corrected chi connectivity index (χ2v) is 11.3. The maximum absolute atomic E-state index is 12.8. The van der Waals surface area contributed by atoms with Gasteiger partial charge >= 0.3 is 6.03 Å². The number of aromatic nitrogens is 3. The number of fused-ring (bicyclic) bond motifs is 3. The molecule has 2 N–H and O–H groups in total. The molecule has 2 aliphatic rings. The maximum atomic E-state index is 12.8. The number of benzene rings is 1. The Balaban J connectivity index is 1.49. The molecule has 5 rings (SSSR count). The van der Waals surface area contributed by atoms with E-state index >= 15 is 0 Å². The van der Waals surface area contributed by atoms with Crippen LogP contribution in [0.4, 0.5) is 10.6 Å². The zero-order valence-corrected chi connectivity index (χ0v) is 20.1. The molecule has 0 spiro atoms. The predicted molar refractivity (Wildman–Crippen MR) is 127 cm³/mol. The van der Waals surface area contributed by atoms with Crippen molar-refractivity contribution in [3.05, 3.63) is 24.5 Å². The van der Waals surface area contributed by atoms with Gasteiger partial charge in [-0.25, -0.2) is 27.9 Å². The molecule has 10 nitrogen and oxygen atoms in total. The monoisotopic (exact) mass is 471 g/mol. The fraction of sp³-hybridized carbons (Fsp3) is 0.500. The van der Waals surface area contributed by atoms with E-state index in [9.17, 15) is 13.2 Å². The average molecular weight is 472 g/mol. The van der Waals surface area contributed by atoms with Crippen LogP contribution in [0.2, 0.25) is 0 Å². The van der Waals surface area contributed by atoms with Gasteiger partial charge in [-0.15, -0.1) is 0 Å². The first-order valence-electron chi connectivity index (χ1n) is 11.1. The molecule has 3 aromatic rings. The van der Waals surface area contributed by atoms with Gasteiger partial charge in [0.2, 0.25) is 10.0 Å². The minimum Gasteiger partial charge on any atom is -0.352 e. The van der Waals surface area contributed by atoms with Gasteiger partial charge in [0.05, 0.1) is 10.3 Å². The molecule has 1 saturated heterocycles. The number of hydrogen-bond donors (Lipinski definition) is 2. The Morgan fingerprint density at radius 2 is 2.00 bits per heavy atom. The first-order valence-corrected chi connectivity index (χ1v) is 12.6. The summed E-state index contributed by atoms with van der Waals surface area (Å²) in [5, 5.41) is 1.73. The lowest BCUT2D eigenvalue weighted by molar-refractivity contribution is 0.146. The van der Waals surface area contributed by atoms with Crippen LogP contribution in [0, 0.1) is 0 Å². The van der Waals surface area contributed by atoms with Crippen LogP contribution in [0.1, 0.15) is 26.7 Å². The van der Waals surface area contributed by atoms with Crippen LogP contribution in [-0.2, 0) is 10.0 Å². The molecular weight excluding hydrogens is 442 g/mol. The molecule has 0 bridgehead atoms. The summed E-state index contributed by atoms with van der Waals surface area (Å²) < 4.78 is 28.5. The Bertz CT molecular complexity index is 1350. The molecule has 11 heteroatoms. The SMILES string of the molecule is C[C@H]1CN(c2ncnc3[nH]c4cc(S(=O)(=O)NC5(C)CC5)ccc4c23)CCN1C(=O)N(C)C. The number of carbonyl (C=O) groups is 1. The van der Waals surface area contributed by atoms with E-state index in [0.29, 0.717) is 30.8 Å². The third kappa shape index (κ3) is 3.89. The van der Waals surface area contributed by atoms with E-state index in [2.05, 4.69) is 24.6 Å². The second-order valence-electron chi connectivity index (χ2n) is 9.58. The Labute approximate surface area is 193 Å². The van der Waals surface area contributed by atoms with Gasteiger partial charge in [0.15, 0.2) is 0 Å². The van der Waals surface area contributed by atoms with Crippen LogP contribution in [-0.4, -0.2) is 84.5 Å². The summed E-state index contributed by atoms with van der Waals surface area (Å²) in [5.74, 6) is 0.786. The summed E-state index contributed by atoms with van der Waals surface area (Å²) in [7, 11) is -0.0811. The summed E-state index contributed by atoms with van der Waals surface area (Å²) in [5.41, 5.74) is 1.02. The van der Waals surface area contributed by atoms with Crippen LogP contribution >= 0.6 is 0 Å². The van der Waals surface area contributed by atoms with Gasteiger partial charge < -0.3 is 19.7 Å². The maximum Gasteiger partial charge on any atom is 0.319 e. The first-order chi connectivity index (χ1) is 15.6. The smallest absolute Gasteiger partial charge is 0.319 e. The van der Waals surface area contributed by atoms with Gasteiger partial charge in [0.25, 0.3) is 0 Å². The molecule has 2 amide bonds. The summed E-state index contributed by atoms with van der Waals surface area (Å²) in [6, 6.07) is 5.14. The third-order valence-corrected chi connectivity index (χ3v) is 8.22. The van der Waals surface area contributed by atoms with Crippen LogP contribution in [0.25, 0.3) is 21.9 Å². The van der Waals surface area contributed by atoms with E-state index in [1.807, 2.05) is 24.8 Å². The zero-order valence-electron chi connectivity index (χ0n) is 19.3. The van der Waals surface area contributed by atoms with Crippen LogP contribution in [0.15, 0.2) is 29.4 Å². The number of nitrogens with zero attached hydrogens (tertiary/aromatic N) is 5. The van der Waals surface area contributed by atoms with Gasteiger partial charge in [0, 0.05) is 56.2 Å². The summed E-state index contributed by atoms with van der Waals surface area (Å²) in [6.07, 6.45) is 3.22. The van der Waals surface area contributed by atoms with Crippen LogP contribution in [0.5, 0.6) is 0 Å². The number of amides is 2. The number of hydrogen-bond acceptors (Lipinski definition) is 6. The van der Waals surface area contributed by atoms with E-state index in [-0.39, 0.29) is 22.5 Å². The second kappa shape index (κ2) is 7.56. The lowest BCUT2D eigenvalue weighted by Gasteiger charge is -2.41. The summed E-state index contributed by atoms with van der Waals surface area (Å²) >= 11 is 0. The predicted octanol–water partition coefficient (Wildman–Crippen LogP) is 2.13. The number of nitrogens with one attached hydrogen (secondary N) is 2. The lowest BCUT2D eigenvalue weighted by atomic mass is 10.1. The molecule has 1 aliphatic carbocycles. The quantitative estimate of drug-likeness (QED) is 0.603. The Kier molecular flexibility index (Phi) is 5.02. The topological polar surface area (TPSA) is 115 Å². The molecule has 176 valence electrons. The highest BCUT2D eigenvalue weighted by atomic mass is 32.2. The van der Waals surface area contributed by atoms with E-state index in [0.717, 1.165) is 29.4 Å². The minimum absolute atomic E-state index is 0.00415. The lowest BCUT2D eigenvalue weighted by Crippen LogP contribution is -2.56. The number of rotatable bonds is 4. The molecule has 1 aromatic carbocycles. The van der Waals surface area contributed by atoms with E-state index in [4.69, 9.17) is 0 Å². The van der Waals surface area contributed by atoms with Gasteiger partial charge in [0.1, 0.15) is 17.8 Å². The van der Waals surface area contributed by atoms with E-state index in [1.165, 1.54) is 6.33 Å². The third-order valence-electron chi connectivity index (χ3n) is 6.59. The van der Waals surface area contributed by atoms with Crippen molar-refractivity contribution in [1.82, 2.24) is 29.5 Å². The van der Waals surface area contributed by atoms with Crippen molar-refractivity contribution in [2.75, 3.05) is 38.6 Å². The number of anilines is 1. The Morgan fingerprint density at radius 3 is 2.67 bits per heavy atom. The summed E-state index contributed by atoms with van der Waals surface area (Å²) in [6.45, 7) is 5.84. The van der Waals surface area contributed by atoms with Crippen molar-refractivity contribution in [2.45, 2.75) is 43.2 Å². The molecule has 0 unspecified atom stereocenters. The highest BCUT2D eigenvalue weighted by Crippen LogP contribution is 2.37. The highest BCUT2D eigenvalue weighted by molar-refractivity contribution is 7.89. The highest BCUT2D eigenvalue weighted by Gasteiger charge is 2.41. The number of piperazine rings is 1. The van der Waals surface area contributed by atoms with Gasteiger partial charge in [-0.1, -0.05) is 6.07 Å². The number of aromatic amines is 1. The van der Waals surface area contributed by atoms with Crippen molar-refractivity contribution in [3.63, 3.8) is 0 Å². The van der Waals surface area contributed by atoms with Gasteiger partial charge in [-0.3, -0.25) is 0 Å². The van der Waals surface area contributed by atoms with Gasteiger partial charge in [-0.2, -0.15) is 0 Å². The largest absolute Gasteiger partial charge is 0.352 e. The van der Waals surface area contributed by atoms with Crippen molar-refractivity contribution >= 4 is 43.8 Å². The van der Waals surface area contributed by atoms with Crippen molar-refractivity contribution < 1.29 is 13.2 Å². The standard InChI is InChI=1S/C22H29N7O3S/c1-14-12-28(9-10-29(14)21(30)27(3)4)20-18-16-6-5-15(33(31,32)26-22(2)7-8-22)11-17(16)25-19(18)23-13-24-20/h5-6,11,13-14,26H,7-10,12H2,1-4H3,(H,23,24,25)/t14-/m0/s1. The Hall–Kier alpha value is -2.92. The Morgan fingerprint density at radius 1 is 1.24 bits per heavy atom. The molecule has 33 heavy (non-hydrogen) atoms. The van der Waals surface area contributed by atoms with Crippen LogP contribution < -0.4 is 9.62 Å². The average Bonchev–Trinajstić information content (AvgIpc) is 3.35. The molecule has 1 saturated carbocycles. The number of H-pyrrole nitrogens is 1. The van der Waals surface area contributed by atoms with Crippen molar-refractivity contribution in [2.24, 2.45) is 0 Å². The number of carbonyl (C=O) groups excluding carboxylic acids is 1. The number of urea groups is 1. The first kappa shape index (κ1) is 21.9. The van der Waals surface area contributed by atoms with Gasteiger partial charge in [-0.05, 0) is 38.8 Å². The van der Waals surface area contributed by atoms with Crippen molar-refractivity contribution in [1.29, 1.82) is 0 Å². The number of sulfonamides is 1. The minimum atomic E-state index is -3.60. The molecule has 3 heterocycles. The summed E-state index contributed by atoms with van der Waals surface area (Å²) in [4.78, 5) is 30.5. The molecule has 0 radical (unpaired) electrons. The fourth-order valence-electron chi connectivity index (χ4n) is 4.46.